The lowest BCUT2D eigenvalue weighted by Gasteiger charge is -2.14. The van der Waals surface area contributed by atoms with Crippen LogP contribution in [0.15, 0.2) is 12.4 Å². The Morgan fingerprint density at radius 2 is 2.46 bits per heavy atom. The Bertz CT molecular complexity index is 247. The van der Waals surface area contributed by atoms with Gasteiger partial charge in [0.2, 0.25) is 0 Å². The minimum Gasteiger partial charge on any atom is -0.383 e. The largest absolute Gasteiger partial charge is 0.383 e. The standard InChI is InChI=1S/C9H17N3O/c1-8-4-11-12(5-8)6-9(10-2)7-13-3/h4-5,9-10H,6-7H2,1-3H3. The lowest BCUT2D eigenvalue weighted by atomic mass is 10.3. The van der Waals surface area contributed by atoms with E-state index < -0.39 is 0 Å². The minimum atomic E-state index is 0.323. The molecule has 0 aliphatic rings. The number of ether oxygens (including phenoxy) is 1. The molecular formula is C9H17N3O. The van der Waals surface area contributed by atoms with Crippen molar-refractivity contribution in [2.24, 2.45) is 0 Å². The molecule has 0 spiro atoms. The SMILES string of the molecule is CNC(COC)Cn1cc(C)cn1. The van der Waals surface area contributed by atoms with Crippen LogP contribution in [-0.4, -0.2) is 36.6 Å². The van der Waals surface area contributed by atoms with Crippen molar-refractivity contribution in [3.05, 3.63) is 18.0 Å². The first-order valence-electron chi connectivity index (χ1n) is 4.41. The number of nitrogens with one attached hydrogen (secondary N) is 1. The third-order valence-electron chi connectivity index (χ3n) is 1.95. The zero-order valence-electron chi connectivity index (χ0n) is 8.45. The molecule has 1 atom stereocenters. The van der Waals surface area contributed by atoms with Crippen molar-refractivity contribution in [2.45, 2.75) is 19.5 Å². The fourth-order valence-corrected chi connectivity index (χ4v) is 1.22. The number of likely N-dealkylation sites (N-methyl/N-ethyl adjacent to an activating group) is 1. The van der Waals surface area contributed by atoms with Gasteiger partial charge in [-0.3, -0.25) is 4.68 Å². The summed E-state index contributed by atoms with van der Waals surface area (Å²) in [6.45, 7) is 3.59. The van der Waals surface area contributed by atoms with Crippen LogP contribution in [0.4, 0.5) is 0 Å². The summed E-state index contributed by atoms with van der Waals surface area (Å²) in [5.41, 5.74) is 1.19. The van der Waals surface area contributed by atoms with Crippen molar-refractivity contribution in [3.8, 4) is 0 Å². The molecule has 0 aromatic carbocycles. The molecule has 0 fully saturated rings. The Kier molecular flexibility index (Phi) is 3.92. The van der Waals surface area contributed by atoms with Gasteiger partial charge in [-0.15, -0.1) is 0 Å². The molecule has 4 heteroatoms. The number of rotatable bonds is 5. The molecule has 1 heterocycles. The monoisotopic (exact) mass is 183 g/mol. The van der Waals surface area contributed by atoms with Gasteiger partial charge in [-0.25, -0.2) is 0 Å². The molecule has 0 bridgehead atoms. The van der Waals surface area contributed by atoms with Crippen LogP contribution in [0.25, 0.3) is 0 Å². The van der Waals surface area contributed by atoms with Crippen LogP contribution in [0, 0.1) is 6.92 Å². The second kappa shape index (κ2) is 4.99. The topological polar surface area (TPSA) is 39.1 Å². The number of hydrogen-bond donors (Lipinski definition) is 1. The Morgan fingerprint density at radius 3 is 2.92 bits per heavy atom. The lowest BCUT2D eigenvalue weighted by molar-refractivity contribution is 0.160. The van der Waals surface area contributed by atoms with Crippen LogP contribution in [0.1, 0.15) is 5.56 Å². The fourth-order valence-electron chi connectivity index (χ4n) is 1.22. The minimum absolute atomic E-state index is 0.323. The number of aryl methyl sites for hydroxylation is 1. The van der Waals surface area contributed by atoms with E-state index in [1.807, 2.05) is 31.0 Å². The second-order valence-corrected chi connectivity index (χ2v) is 3.18. The van der Waals surface area contributed by atoms with Gasteiger partial charge in [-0.1, -0.05) is 0 Å². The van der Waals surface area contributed by atoms with E-state index >= 15 is 0 Å². The average Bonchev–Trinajstić information content (AvgIpc) is 2.50. The Balaban J connectivity index is 2.46. The first-order valence-corrected chi connectivity index (χ1v) is 4.41. The molecule has 0 amide bonds. The molecule has 0 aliphatic heterocycles. The zero-order valence-corrected chi connectivity index (χ0v) is 8.45. The predicted molar refractivity (Wildman–Crippen MR) is 51.7 cm³/mol. The van der Waals surface area contributed by atoms with Gasteiger partial charge in [0.25, 0.3) is 0 Å². The number of aromatic nitrogens is 2. The van der Waals surface area contributed by atoms with E-state index in [4.69, 9.17) is 4.74 Å². The first kappa shape index (κ1) is 10.2. The van der Waals surface area contributed by atoms with Crippen LogP contribution >= 0.6 is 0 Å². The molecule has 0 saturated heterocycles. The van der Waals surface area contributed by atoms with E-state index in [9.17, 15) is 0 Å². The molecule has 1 N–H and O–H groups in total. The fraction of sp³-hybridized carbons (Fsp3) is 0.667. The van der Waals surface area contributed by atoms with Crippen LogP contribution in [-0.2, 0) is 11.3 Å². The maximum Gasteiger partial charge on any atom is 0.0633 e. The Morgan fingerprint density at radius 1 is 1.69 bits per heavy atom. The van der Waals surface area contributed by atoms with E-state index in [0.717, 1.165) is 6.54 Å². The summed E-state index contributed by atoms with van der Waals surface area (Å²) in [5.74, 6) is 0. The molecule has 0 saturated carbocycles. The van der Waals surface area contributed by atoms with Crippen molar-refractivity contribution in [3.63, 3.8) is 0 Å². The predicted octanol–water partition coefficient (Wildman–Crippen LogP) is 0.426. The summed E-state index contributed by atoms with van der Waals surface area (Å²) >= 11 is 0. The van der Waals surface area contributed by atoms with Gasteiger partial charge in [-0.2, -0.15) is 5.10 Å². The first-order chi connectivity index (χ1) is 6.26. The van der Waals surface area contributed by atoms with Crippen molar-refractivity contribution in [1.29, 1.82) is 0 Å². The maximum atomic E-state index is 5.07. The zero-order chi connectivity index (χ0) is 9.68. The number of methoxy groups -OCH3 is 1. The molecule has 1 aromatic heterocycles. The normalized spacial score (nSPS) is 13.2. The van der Waals surface area contributed by atoms with Gasteiger partial charge in [0.1, 0.15) is 0 Å². The maximum absolute atomic E-state index is 5.07. The third kappa shape index (κ3) is 3.16. The van der Waals surface area contributed by atoms with Crippen LogP contribution < -0.4 is 5.32 Å². The van der Waals surface area contributed by atoms with Crippen LogP contribution in [0.5, 0.6) is 0 Å². The van der Waals surface area contributed by atoms with Crippen LogP contribution in [0.3, 0.4) is 0 Å². The lowest BCUT2D eigenvalue weighted by Crippen LogP contribution is -2.34. The molecule has 74 valence electrons. The van der Waals surface area contributed by atoms with E-state index in [2.05, 4.69) is 10.4 Å². The third-order valence-corrected chi connectivity index (χ3v) is 1.95. The number of hydrogen-bond acceptors (Lipinski definition) is 3. The van der Waals surface area contributed by atoms with Gasteiger partial charge in [-0.05, 0) is 19.5 Å². The summed E-state index contributed by atoms with van der Waals surface area (Å²) in [6, 6.07) is 0.323. The molecule has 0 aliphatic carbocycles. The molecule has 1 unspecified atom stereocenters. The Labute approximate surface area is 78.9 Å². The van der Waals surface area contributed by atoms with Gasteiger partial charge in [0.15, 0.2) is 0 Å². The smallest absolute Gasteiger partial charge is 0.0633 e. The molecule has 0 radical (unpaired) electrons. The van der Waals surface area contributed by atoms with Crippen molar-refractivity contribution >= 4 is 0 Å². The summed E-state index contributed by atoms with van der Waals surface area (Å²) in [6.07, 6.45) is 3.89. The summed E-state index contributed by atoms with van der Waals surface area (Å²) in [4.78, 5) is 0. The molecule has 1 rings (SSSR count). The highest BCUT2D eigenvalue weighted by molar-refractivity contribution is 4.99. The molecule has 1 aromatic rings. The van der Waals surface area contributed by atoms with Gasteiger partial charge < -0.3 is 10.1 Å². The van der Waals surface area contributed by atoms with Crippen molar-refractivity contribution < 1.29 is 4.74 Å². The Hall–Kier alpha value is -0.870. The second-order valence-electron chi connectivity index (χ2n) is 3.18. The highest BCUT2D eigenvalue weighted by Gasteiger charge is 2.06. The number of nitrogens with zero attached hydrogens (tertiary/aromatic N) is 2. The summed E-state index contributed by atoms with van der Waals surface area (Å²) in [5, 5.41) is 7.38. The summed E-state index contributed by atoms with van der Waals surface area (Å²) < 4.78 is 7.00. The molecular weight excluding hydrogens is 166 g/mol. The molecule has 13 heavy (non-hydrogen) atoms. The van der Waals surface area contributed by atoms with Gasteiger partial charge >= 0.3 is 0 Å². The highest BCUT2D eigenvalue weighted by Crippen LogP contribution is 1.96. The van der Waals surface area contributed by atoms with E-state index in [1.54, 1.807) is 7.11 Å². The van der Waals surface area contributed by atoms with Gasteiger partial charge in [0.05, 0.1) is 19.3 Å². The summed E-state index contributed by atoms with van der Waals surface area (Å²) in [7, 11) is 3.64. The van der Waals surface area contributed by atoms with Crippen molar-refractivity contribution in [1.82, 2.24) is 15.1 Å². The van der Waals surface area contributed by atoms with Gasteiger partial charge in [0, 0.05) is 19.3 Å². The molecule has 4 nitrogen and oxygen atoms in total. The van der Waals surface area contributed by atoms with Crippen molar-refractivity contribution in [2.75, 3.05) is 20.8 Å². The van der Waals surface area contributed by atoms with Crippen LogP contribution in [0.2, 0.25) is 0 Å². The average molecular weight is 183 g/mol. The van der Waals surface area contributed by atoms with E-state index in [1.165, 1.54) is 5.56 Å². The van der Waals surface area contributed by atoms with E-state index in [-0.39, 0.29) is 0 Å². The quantitative estimate of drug-likeness (QED) is 0.719. The van der Waals surface area contributed by atoms with E-state index in [0.29, 0.717) is 12.6 Å². The highest BCUT2D eigenvalue weighted by atomic mass is 16.5.